The summed E-state index contributed by atoms with van der Waals surface area (Å²) >= 11 is 0. The maximum Gasteiger partial charge on any atom is 0.128 e. The van der Waals surface area contributed by atoms with Crippen LogP contribution >= 0.6 is 0 Å². The highest BCUT2D eigenvalue weighted by Crippen LogP contribution is 2.18. The molecule has 0 fully saturated rings. The molecule has 1 aromatic carbocycles. The van der Waals surface area contributed by atoms with Crippen molar-refractivity contribution in [3.8, 4) is 0 Å². The highest BCUT2D eigenvalue weighted by atomic mass is 19.1. The van der Waals surface area contributed by atoms with E-state index in [-0.39, 0.29) is 5.82 Å². The van der Waals surface area contributed by atoms with Crippen molar-refractivity contribution in [1.82, 2.24) is 0 Å². The van der Waals surface area contributed by atoms with E-state index in [9.17, 15) is 4.39 Å². The van der Waals surface area contributed by atoms with Gasteiger partial charge in [-0.15, -0.1) is 0 Å². The van der Waals surface area contributed by atoms with Crippen molar-refractivity contribution in [2.24, 2.45) is 5.92 Å². The lowest BCUT2D eigenvalue weighted by Gasteiger charge is -2.12. The number of hydrogen-bond donors (Lipinski definition) is 1. The van der Waals surface area contributed by atoms with Gasteiger partial charge in [0, 0.05) is 11.7 Å². The third-order valence-electron chi connectivity index (χ3n) is 2.14. The Hall–Kier alpha value is -1.05. The summed E-state index contributed by atoms with van der Waals surface area (Å²) in [5.74, 6) is 0.387. The smallest absolute Gasteiger partial charge is 0.128 e. The molecule has 15 heavy (non-hydrogen) atoms. The molecule has 1 aromatic rings. The predicted octanol–water partition coefficient (Wildman–Crippen LogP) is 3.84. The summed E-state index contributed by atoms with van der Waals surface area (Å²) in [6.45, 7) is 8.28. The highest BCUT2D eigenvalue weighted by Gasteiger charge is 2.06. The molecule has 0 unspecified atom stereocenters. The molecule has 1 rings (SSSR count). The van der Waals surface area contributed by atoms with E-state index < -0.39 is 0 Å². The first-order chi connectivity index (χ1) is 6.99. The minimum atomic E-state index is -0.102. The monoisotopic (exact) mass is 209 g/mol. The Morgan fingerprint density at radius 1 is 1.20 bits per heavy atom. The summed E-state index contributed by atoms with van der Waals surface area (Å²) in [7, 11) is 0. The van der Waals surface area contributed by atoms with Gasteiger partial charge in [0.1, 0.15) is 5.82 Å². The normalized spacial score (nSPS) is 11.1. The van der Waals surface area contributed by atoms with E-state index in [2.05, 4.69) is 19.2 Å². The Labute approximate surface area is 91.7 Å². The summed E-state index contributed by atoms with van der Waals surface area (Å²) in [4.78, 5) is 0. The molecule has 1 nitrogen and oxygen atoms in total. The van der Waals surface area contributed by atoms with Crippen LogP contribution in [0, 0.1) is 11.7 Å². The highest BCUT2D eigenvalue weighted by molar-refractivity contribution is 5.46. The Kier molecular flexibility index (Phi) is 4.13. The van der Waals surface area contributed by atoms with E-state index in [4.69, 9.17) is 0 Å². The zero-order valence-corrected chi connectivity index (χ0v) is 9.97. The number of anilines is 1. The van der Waals surface area contributed by atoms with E-state index in [0.29, 0.717) is 12.0 Å². The molecule has 0 aliphatic rings. The largest absolute Gasteiger partial charge is 0.383 e. The molecule has 0 bridgehead atoms. The third kappa shape index (κ3) is 3.90. The van der Waals surface area contributed by atoms with Gasteiger partial charge in [-0.2, -0.15) is 0 Å². The van der Waals surface area contributed by atoms with Crippen LogP contribution in [0.3, 0.4) is 0 Å². The van der Waals surface area contributed by atoms with Crippen LogP contribution < -0.4 is 5.32 Å². The number of benzene rings is 1. The van der Waals surface area contributed by atoms with Crippen molar-refractivity contribution < 1.29 is 4.39 Å². The minimum Gasteiger partial charge on any atom is -0.383 e. The van der Waals surface area contributed by atoms with Crippen LogP contribution in [0.5, 0.6) is 0 Å². The van der Waals surface area contributed by atoms with Crippen LogP contribution in [-0.2, 0) is 6.42 Å². The van der Waals surface area contributed by atoms with Gasteiger partial charge < -0.3 is 5.32 Å². The average molecular weight is 209 g/mol. The molecule has 0 heterocycles. The van der Waals surface area contributed by atoms with Gasteiger partial charge in [-0.25, -0.2) is 4.39 Å². The molecule has 0 aliphatic heterocycles. The Bertz CT molecular complexity index is 318. The third-order valence-corrected chi connectivity index (χ3v) is 2.14. The predicted molar refractivity (Wildman–Crippen MR) is 63.7 cm³/mol. The summed E-state index contributed by atoms with van der Waals surface area (Å²) in [5, 5.41) is 3.19. The molecule has 0 saturated carbocycles. The van der Waals surface area contributed by atoms with Crippen molar-refractivity contribution >= 4 is 5.69 Å². The topological polar surface area (TPSA) is 12.0 Å². The van der Waals surface area contributed by atoms with Gasteiger partial charge in [0.15, 0.2) is 0 Å². The molecule has 84 valence electrons. The Morgan fingerprint density at radius 2 is 1.87 bits per heavy atom. The van der Waals surface area contributed by atoms with Crippen molar-refractivity contribution in [3.05, 3.63) is 29.6 Å². The standard InChI is InChI=1S/C13H20FN/c1-9(2)7-11-5-6-12(8-13(11)14)15-10(3)4/h5-6,8-10,15H,7H2,1-4H3. The molecule has 0 radical (unpaired) electrons. The zero-order chi connectivity index (χ0) is 11.4. The van der Waals surface area contributed by atoms with Gasteiger partial charge in [-0.05, 0) is 43.9 Å². The number of rotatable bonds is 4. The van der Waals surface area contributed by atoms with E-state index in [1.807, 2.05) is 26.0 Å². The van der Waals surface area contributed by atoms with Gasteiger partial charge in [0.25, 0.3) is 0 Å². The molecule has 1 N–H and O–H groups in total. The van der Waals surface area contributed by atoms with Gasteiger partial charge in [-0.3, -0.25) is 0 Å². The fourth-order valence-electron chi connectivity index (χ4n) is 1.58. The lowest BCUT2D eigenvalue weighted by atomic mass is 10.0. The van der Waals surface area contributed by atoms with Crippen LogP contribution in [0.4, 0.5) is 10.1 Å². The lowest BCUT2D eigenvalue weighted by Crippen LogP contribution is -2.10. The Balaban J connectivity index is 2.78. The van der Waals surface area contributed by atoms with Crippen molar-refractivity contribution in [2.45, 2.75) is 40.2 Å². The molecule has 2 heteroatoms. The quantitative estimate of drug-likeness (QED) is 0.794. The summed E-state index contributed by atoms with van der Waals surface area (Å²) in [6, 6.07) is 5.73. The maximum absolute atomic E-state index is 13.6. The molecular weight excluding hydrogens is 189 g/mol. The second-order valence-electron chi connectivity index (χ2n) is 4.70. The lowest BCUT2D eigenvalue weighted by molar-refractivity contribution is 0.574. The first-order valence-electron chi connectivity index (χ1n) is 5.54. The van der Waals surface area contributed by atoms with E-state index in [1.165, 1.54) is 0 Å². The number of nitrogens with one attached hydrogen (secondary N) is 1. The Morgan fingerprint density at radius 3 is 2.33 bits per heavy atom. The molecule has 0 aliphatic carbocycles. The van der Waals surface area contributed by atoms with Crippen molar-refractivity contribution in [2.75, 3.05) is 5.32 Å². The van der Waals surface area contributed by atoms with E-state index >= 15 is 0 Å². The molecule has 0 spiro atoms. The SMILES string of the molecule is CC(C)Cc1ccc(NC(C)C)cc1F. The molecule has 0 aromatic heterocycles. The summed E-state index contributed by atoms with van der Waals surface area (Å²) in [6.07, 6.45) is 0.799. The number of halogens is 1. The first kappa shape index (κ1) is 12.0. The average Bonchev–Trinajstić information content (AvgIpc) is 2.08. The van der Waals surface area contributed by atoms with E-state index in [0.717, 1.165) is 17.7 Å². The second-order valence-corrected chi connectivity index (χ2v) is 4.70. The first-order valence-corrected chi connectivity index (χ1v) is 5.54. The van der Waals surface area contributed by atoms with Crippen LogP contribution in [0.2, 0.25) is 0 Å². The van der Waals surface area contributed by atoms with Crippen molar-refractivity contribution in [3.63, 3.8) is 0 Å². The van der Waals surface area contributed by atoms with Gasteiger partial charge in [0.05, 0.1) is 0 Å². The fraction of sp³-hybridized carbons (Fsp3) is 0.538. The van der Waals surface area contributed by atoms with Gasteiger partial charge in [0.2, 0.25) is 0 Å². The summed E-state index contributed by atoms with van der Waals surface area (Å²) in [5.41, 5.74) is 1.66. The molecular formula is C13H20FN. The van der Waals surface area contributed by atoms with Crippen molar-refractivity contribution in [1.29, 1.82) is 0 Å². The van der Waals surface area contributed by atoms with Gasteiger partial charge in [-0.1, -0.05) is 19.9 Å². The van der Waals surface area contributed by atoms with Crippen LogP contribution in [-0.4, -0.2) is 6.04 Å². The second kappa shape index (κ2) is 5.15. The molecule has 0 saturated heterocycles. The zero-order valence-electron chi connectivity index (χ0n) is 9.97. The number of hydrogen-bond acceptors (Lipinski definition) is 1. The molecule has 0 atom stereocenters. The van der Waals surface area contributed by atoms with Gasteiger partial charge >= 0.3 is 0 Å². The summed E-state index contributed by atoms with van der Waals surface area (Å²) < 4.78 is 13.6. The maximum atomic E-state index is 13.6. The van der Waals surface area contributed by atoms with Crippen LogP contribution in [0.15, 0.2) is 18.2 Å². The van der Waals surface area contributed by atoms with Crippen LogP contribution in [0.1, 0.15) is 33.3 Å². The van der Waals surface area contributed by atoms with E-state index in [1.54, 1.807) is 6.07 Å². The fourth-order valence-corrected chi connectivity index (χ4v) is 1.58. The molecule has 0 amide bonds. The van der Waals surface area contributed by atoms with Crippen LogP contribution in [0.25, 0.3) is 0 Å². The minimum absolute atomic E-state index is 0.102.